The van der Waals surface area contributed by atoms with E-state index in [-0.39, 0.29) is 12.2 Å². The van der Waals surface area contributed by atoms with E-state index in [1.54, 1.807) is 4.68 Å². The molecule has 0 radical (unpaired) electrons. The van der Waals surface area contributed by atoms with Crippen LogP contribution in [-0.4, -0.2) is 27.4 Å². The third kappa shape index (κ3) is 2.52. The van der Waals surface area contributed by atoms with Crippen molar-refractivity contribution in [3.63, 3.8) is 0 Å². The van der Waals surface area contributed by atoms with E-state index in [0.29, 0.717) is 24.1 Å². The lowest BCUT2D eigenvalue weighted by Crippen LogP contribution is -2.25. The van der Waals surface area contributed by atoms with Crippen LogP contribution in [0, 0.1) is 11.6 Å². The number of carbonyl (C=O) groups is 1. The average molecular weight is 293 g/mol. The Morgan fingerprint density at radius 1 is 1.38 bits per heavy atom. The maximum absolute atomic E-state index is 13.2. The summed E-state index contributed by atoms with van der Waals surface area (Å²) in [5, 5.41) is 16.4. The molecule has 0 bridgehead atoms. The van der Waals surface area contributed by atoms with Gasteiger partial charge in [-0.2, -0.15) is 5.10 Å². The van der Waals surface area contributed by atoms with E-state index in [2.05, 4.69) is 10.4 Å². The fraction of sp³-hybridized carbons (Fsp3) is 0.286. The lowest BCUT2D eigenvalue weighted by molar-refractivity contribution is 0.0688. The molecular weight excluding hydrogens is 280 g/mol. The fourth-order valence-corrected chi connectivity index (χ4v) is 2.53. The van der Waals surface area contributed by atoms with Crippen molar-refractivity contribution in [2.45, 2.75) is 19.5 Å². The summed E-state index contributed by atoms with van der Waals surface area (Å²) in [4.78, 5) is 11.2. The van der Waals surface area contributed by atoms with Crippen LogP contribution >= 0.6 is 0 Å². The highest BCUT2D eigenvalue weighted by molar-refractivity contribution is 5.87. The number of rotatable bonds is 3. The monoisotopic (exact) mass is 293 g/mol. The number of carboxylic acids is 1. The van der Waals surface area contributed by atoms with Gasteiger partial charge in [-0.05, 0) is 17.7 Å². The van der Waals surface area contributed by atoms with Crippen LogP contribution in [0.3, 0.4) is 0 Å². The van der Waals surface area contributed by atoms with Crippen LogP contribution in [0.2, 0.25) is 0 Å². The molecule has 5 nitrogen and oxygen atoms in total. The van der Waals surface area contributed by atoms with Gasteiger partial charge in [0.2, 0.25) is 0 Å². The van der Waals surface area contributed by atoms with Gasteiger partial charge in [-0.3, -0.25) is 4.68 Å². The molecule has 0 unspecified atom stereocenters. The Bertz CT molecular complexity index is 712. The molecular formula is C14H13F2N3O2. The molecule has 0 saturated carbocycles. The maximum Gasteiger partial charge on any atom is 0.356 e. The SMILES string of the molecule is O=C(O)c1nn(Cc2ccc(F)c(F)c2)c2c1CNCC2. The number of nitrogens with zero attached hydrogens (tertiary/aromatic N) is 2. The number of benzene rings is 1. The van der Waals surface area contributed by atoms with Crippen molar-refractivity contribution in [1.82, 2.24) is 15.1 Å². The molecule has 0 aliphatic carbocycles. The van der Waals surface area contributed by atoms with Crippen LogP contribution in [0.1, 0.15) is 27.3 Å². The standard InChI is InChI=1S/C14H13F2N3O2/c15-10-2-1-8(5-11(10)16)7-19-12-3-4-17-6-9(12)13(18-19)14(20)21/h1-2,5,17H,3-4,6-7H2,(H,20,21). The van der Waals surface area contributed by atoms with Crippen LogP contribution in [-0.2, 0) is 19.5 Å². The molecule has 2 N–H and O–H groups in total. The van der Waals surface area contributed by atoms with Gasteiger partial charge >= 0.3 is 5.97 Å². The predicted octanol–water partition coefficient (Wildman–Crippen LogP) is 1.55. The van der Waals surface area contributed by atoms with Crippen LogP contribution in [0.15, 0.2) is 18.2 Å². The van der Waals surface area contributed by atoms with Crippen molar-refractivity contribution in [1.29, 1.82) is 0 Å². The summed E-state index contributed by atoms with van der Waals surface area (Å²) in [6.07, 6.45) is 0.652. The summed E-state index contributed by atoms with van der Waals surface area (Å²) in [6, 6.07) is 3.62. The highest BCUT2D eigenvalue weighted by Crippen LogP contribution is 2.20. The van der Waals surface area contributed by atoms with Crippen molar-refractivity contribution in [2.24, 2.45) is 0 Å². The molecule has 0 amide bonds. The van der Waals surface area contributed by atoms with Gasteiger partial charge in [0, 0.05) is 30.8 Å². The molecule has 0 atom stereocenters. The van der Waals surface area contributed by atoms with Gasteiger partial charge < -0.3 is 10.4 Å². The third-order valence-electron chi connectivity index (χ3n) is 3.53. The van der Waals surface area contributed by atoms with E-state index >= 15 is 0 Å². The van der Waals surface area contributed by atoms with Crippen molar-refractivity contribution in [2.75, 3.05) is 6.54 Å². The summed E-state index contributed by atoms with van der Waals surface area (Å²) in [5.74, 6) is -2.91. The minimum atomic E-state index is -1.08. The summed E-state index contributed by atoms with van der Waals surface area (Å²) in [7, 11) is 0. The summed E-state index contributed by atoms with van der Waals surface area (Å²) in [5.41, 5.74) is 2.04. The summed E-state index contributed by atoms with van der Waals surface area (Å²) < 4.78 is 27.7. The van der Waals surface area contributed by atoms with Crippen molar-refractivity contribution < 1.29 is 18.7 Å². The maximum atomic E-state index is 13.2. The molecule has 0 spiro atoms. The number of fused-ring (bicyclic) bond motifs is 1. The molecule has 1 aliphatic heterocycles. The lowest BCUT2D eigenvalue weighted by atomic mass is 10.1. The third-order valence-corrected chi connectivity index (χ3v) is 3.53. The average Bonchev–Trinajstić information content (AvgIpc) is 2.82. The van der Waals surface area contributed by atoms with Gasteiger partial charge in [-0.25, -0.2) is 13.6 Å². The largest absolute Gasteiger partial charge is 0.476 e. The second-order valence-corrected chi connectivity index (χ2v) is 4.91. The number of aromatic nitrogens is 2. The zero-order valence-electron chi connectivity index (χ0n) is 11.1. The Kier molecular flexibility index (Phi) is 3.42. The summed E-state index contributed by atoms with van der Waals surface area (Å²) >= 11 is 0. The second kappa shape index (κ2) is 5.25. The Morgan fingerprint density at radius 2 is 2.19 bits per heavy atom. The molecule has 1 aliphatic rings. The van der Waals surface area contributed by atoms with Crippen molar-refractivity contribution in [3.8, 4) is 0 Å². The Labute approximate surface area is 119 Å². The van der Waals surface area contributed by atoms with Crippen LogP contribution < -0.4 is 5.32 Å². The normalized spacial score (nSPS) is 14.0. The van der Waals surface area contributed by atoms with Crippen LogP contribution in [0.25, 0.3) is 0 Å². The second-order valence-electron chi connectivity index (χ2n) is 4.91. The topological polar surface area (TPSA) is 67.1 Å². The molecule has 21 heavy (non-hydrogen) atoms. The molecule has 7 heteroatoms. The first-order valence-electron chi connectivity index (χ1n) is 6.52. The molecule has 1 aromatic heterocycles. The fourth-order valence-electron chi connectivity index (χ4n) is 2.53. The molecule has 0 saturated heterocycles. The van der Waals surface area contributed by atoms with E-state index in [9.17, 15) is 18.7 Å². The van der Waals surface area contributed by atoms with Gasteiger partial charge in [-0.1, -0.05) is 6.07 Å². The number of nitrogens with one attached hydrogen (secondary N) is 1. The first-order valence-corrected chi connectivity index (χ1v) is 6.52. The first kappa shape index (κ1) is 13.7. The van der Waals surface area contributed by atoms with E-state index < -0.39 is 17.6 Å². The van der Waals surface area contributed by atoms with Gasteiger partial charge in [0.15, 0.2) is 17.3 Å². The minimum Gasteiger partial charge on any atom is -0.476 e. The number of halogens is 2. The van der Waals surface area contributed by atoms with E-state index in [4.69, 9.17) is 0 Å². The quantitative estimate of drug-likeness (QED) is 0.901. The van der Waals surface area contributed by atoms with Crippen LogP contribution in [0.5, 0.6) is 0 Å². The van der Waals surface area contributed by atoms with Crippen molar-refractivity contribution in [3.05, 3.63) is 52.3 Å². The molecule has 0 fully saturated rings. The van der Waals surface area contributed by atoms with Gasteiger partial charge in [0.05, 0.1) is 6.54 Å². The van der Waals surface area contributed by atoms with Gasteiger partial charge in [0.25, 0.3) is 0 Å². The highest BCUT2D eigenvalue weighted by atomic mass is 19.2. The zero-order valence-corrected chi connectivity index (χ0v) is 11.1. The smallest absolute Gasteiger partial charge is 0.356 e. The molecule has 110 valence electrons. The molecule has 2 heterocycles. The minimum absolute atomic E-state index is 0.0137. The first-order chi connectivity index (χ1) is 10.1. The molecule has 2 aromatic rings. The summed E-state index contributed by atoms with van der Waals surface area (Å²) in [6.45, 7) is 1.40. The number of aromatic carboxylic acids is 1. The zero-order chi connectivity index (χ0) is 15.0. The van der Waals surface area contributed by atoms with E-state index in [1.165, 1.54) is 6.07 Å². The van der Waals surface area contributed by atoms with Crippen molar-refractivity contribution >= 4 is 5.97 Å². The highest BCUT2D eigenvalue weighted by Gasteiger charge is 2.24. The molecule has 3 rings (SSSR count). The van der Waals surface area contributed by atoms with E-state index in [0.717, 1.165) is 24.4 Å². The Morgan fingerprint density at radius 3 is 2.90 bits per heavy atom. The predicted molar refractivity (Wildman–Crippen MR) is 70.1 cm³/mol. The number of hydrogen-bond acceptors (Lipinski definition) is 3. The lowest BCUT2D eigenvalue weighted by Gasteiger charge is -2.15. The van der Waals surface area contributed by atoms with Gasteiger partial charge in [-0.15, -0.1) is 0 Å². The van der Waals surface area contributed by atoms with Crippen LogP contribution in [0.4, 0.5) is 8.78 Å². The number of carboxylic acid groups (broad SMARTS) is 1. The Hall–Kier alpha value is -2.28. The van der Waals surface area contributed by atoms with Gasteiger partial charge in [0.1, 0.15) is 0 Å². The Balaban J connectivity index is 1.98. The molecule has 1 aromatic carbocycles. The number of hydrogen-bond donors (Lipinski definition) is 2. The van der Waals surface area contributed by atoms with E-state index in [1.807, 2.05) is 0 Å².